The van der Waals surface area contributed by atoms with Crippen LogP contribution in [0.25, 0.3) is 0 Å². The maximum Gasteiger partial charge on any atom is 0.0138 e. The largest absolute Gasteiger partial charge is 0.330 e. The predicted octanol–water partition coefficient (Wildman–Crippen LogP) is 4.29. The molecule has 0 aromatic heterocycles. The summed E-state index contributed by atoms with van der Waals surface area (Å²) in [5.74, 6) is 2.54. The summed E-state index contributed by atoms with van der Waals surface area (Å²) in [5, 5.41) is 0. The summed E-state index contributed by atoms with van der Waals surface area (Å²) in [6.07, 6.45) is 9.53. The molecule has 1 rings (SSSR count). The number of nitrogens with zero attached hydrogens (tertiary/aromatic N) is 1. The van der Waals surface area contributed by atoms with Crippen molar-refractivity contribution in [2.75, 3.05) is 19.6 Å². The molecule has 0 bridgehead atoms. The lowest BCUT2D eigenvalue weighted by molar-refractivity contribution is 0.0688. The van der Waals surface area contributed by atoms with Crippen molar-refractivity contribution >= 4 is 0 Å². The Balaban J connectivity index is 2.68. The minimum Gasteiger partial charge on any atom is -0.330 e. The molecule has 2 nitrogen and oxygen atoms in total. The summed E-state index contributed by atoms with van der Waals surface area (Å²) in [5.41, 5.74) is 6.07. The Labute approximate surface area is 127 Å². The standard InChI is InChI=1S/C18H38N2/c1-5-9-16-10-11-17(13-19)18(12-16)20(8-4)14-15(6-2)7-3/h15-18H,5-14,19H2,1-4H3. The van der Waals surface area contributed by atoms with Crippen molar-refractivity contribution in [1.82, 2.24) is 4.90 Å². The average molecular weight is 283 g/mol. The molecule has 0 radical (unpaired) electrons. The molecule has 0 amide bonds. The molecular weight excluding hydrogens is 244 g/mol. The van der Waals surface area contributed by atoms with Gasteiger partial charge in [-0.2, -0.15) is 0 Å². The first-order chi connectivity index (χ1) is 9.69. The third kappa shape index (κ3) is 5.04. The van der Waals surface area contributed by atoms with Crippen LogP contribution in [0.1, 0.15) is 72.6 Å². The molecule has 0 saturated heterocycles. The van der Waals surface area contributed by atoms with Gasteiger partial charge in [0.25, 0.3) is 0 Å². The molecule has 3 atom stereocenters. The minimum absolute atomic E-state index is 0.734. The molecule has 120 valence electrons. The van der Waals surface area contributed by atoms with Crippen LogP contribution in [0.2, 0.25) is 0 Å². The van der Waals surface area contributed by atoms with Crippen LogP contribution in [0.4, 0.5) is 0 Å². The van der Waals surface area contributed by atoms with Crippen LogP contribution in [0.3, 0.4) is 0 Å². The van der Waals surface area contributed by atoms with Gasteiger partial charge in [-0.15, -0.1) is 0 Å². The van der Waals surface area contributed by atoms with E-state index in [4.69, 9.17) is 5.73 Å². The van der Waals surface area contributed by atoms with Crippen molar-refractivity contribution in [3.8, 4) is 0 Å². The van der Waals surface area contributed by atoms with E-state index in [1.54, 1.807) is 0 Å². The van der Waals surface area contributed by atoms with Crippen molar-refractivity contribution in [3.63, 3.8) is 0 Å². The Hall–Kier alpha value is -0.0800. The van der Waals surface area contributed by atoms with Crippen LogP contribution >= 0.6 is 0 Å². The van der Waals surface area contributed by atoms with Crippen molar-refractivity contribution in [3.05, 3.63) is 0 Å². The van der Waals surface area contributed by atoms with Crippen LogP contribution in [0.5, 0.6) is 0 Å². The number of hydrogen-bond acceptors (Lipinski definition) is 2. The van der Waals surface area contributed by atoms with E-state index in [-0.39, 0.29) is 0 Å². The highest BCUT2D eigenvalue weighted by atomic mass is 15.2. The Morgan fingerprint density at radius 3 is 2.30 bits per heavy atom. The number of nitrogens with two attached hydrogens (primary N) is 1. The highest BCUT2D eigenvalue weighted by Gasteiger charge is 2.33. The minimum atomic E-state index is 0.734. The third-order valence-corrected chi connectivity index (χ3v) is 5.59. The normalized spacial score (nSPS) is 27.4. The van der Waals surface area contributed by atoms with Crippen molar-refractivity contribution in [2.24, 2.45) is 23.5 Å². The molecule has 1 saturated carbocycles. The van der Waals surface area contributed by atoms with Crippen molar-refractivity contribution in [2.45, 2.75) is 78.7 Å². The Kier molecular flexibility index (Phi) is 8.79. The van der Waals surface area contributed by atoms with Gasteiger partial charge in [0, 0.05) is 12.6 Å². The van der Waals surface area contributed by atoms with Gasteiger partial charge in [-0.25, -0.2) is 0 Å². The van der Waals surface area contributed by atoms with Crippen LogP contribution in [-0.4, -0.2) is 30.6 Å². The zero-order chi connectivity index (χ0) is 15.0. The van der Waals surface area contributed by atoms with Gasteiger partial charge in [0.15, 0.2) is 0 Å². The van der Waals surface area contributed by atoms with E-state index in [0.29, 0.717) is 0 Å². The lowest BCUT2D eigenvalue weighted by Crippen LogP contribution is -2.48. The van der Waals surface area contributed by atoms with Crippen LogP contribution in [0, 0.1) is 17.8 Å². The molecule has 0 aliphatic heterocycles. The quantitative estimate of drug-likeness (QED) is 0.683. The molecule has 0 aromatic rings. The summed E-state index contributed by atoms with van der Waals surface area (Å²) in [7, 11) is 0. The Bertz CT molecular complexity index is 238. The maximum absolute atomic E-state index is 6.07. The molecule has 2 N–H and O–H groups in total. The topological polar surface area (TPSA) is 29.3 Å². The molecule has 1 fully saturated rings. The second-order valence-electron chi connectivity index (χ2n) is 6.80. The Morgan fingerprint density at radius 1 is 1.10 bits per heavy atom. The molecule has 1 aliphatic rings. The summed E-state index contributed by atoms with van der Waals surface area (Å²) < 4.78 is 0. The van der Waals surface area contributed by atoms with Crippen LogP contribution in [0.15, 0.2) is 0 Å². The SMILES string of the molecule is CCCC1CCC(CN)C(N(CC)CC(CC)CC)C1. The van der Waals surface area contributed by atoms with Crippen LogP contribution < -0.4 is 5.73 Å². The average Bonchev–Trinajstić information content (AvgIpc) is 2.49. The van der Waals surface area contributed by atoms with Crippen molar-refractivity contribution in [1.29, 1.82) is 0 Å². The fourth-order valence-electron chi connectivity index (χ4n) is 4.06. The first kappa shape index (κ1) is 18.0. The van der Waals surface area contributed by atoms with E-state index in [9.17, 15) is 0 Å². The third-order valence-electron chi connectivity index (χ3n) is 5.59. The number of rotatable bonds is 9. The van der Waals surface area contributed by atoms with E-state index >= 15 is 0 Å². The first-order valence-electron chi connectivity index (χ1n) is 9.13. The van der Waals surface area contributed by atoms with Gasteiger partial charge in [0.1, 0.15) is 0 Å². The van der Waals surface area contributed by atoms with Crippen LogP contribution in [-0.2, 0) is 0 Å². The second kappa shape index (κ2) is 9.78. The molecule has 0 spiro atoms. The molecule has 0 heterocycles. The Morgan fingerprint density at radius 2 is 1.80 bits per heavy atom. The van der Waals surface area contributed by atoms with Gasteiger partial charge >= 0.3 is 0 Å². The molecule has 0 aromatic carbocycles. The zero-order valence-electron chi connectivity index (χ0n) is 14.4. The predicted molar refractivity (Wildman–Crippen MR) is 89.9 cm³/mol. The highest BCUT2D eigenvalue weighted by molar-refractivity contribution is 4.87. The van der Waals surface area contributed by atoms with E-state index in [1.807, 2.05) is 0 Å². The van der Waals surface area contributed by atoms with Gasteiger partial charge < -0.3 is 10.6 Å². The van der Waals surface area contributed by atoms with Crippen molar-refractivity contribution < 1.29 is 0 Å². The lowest BCUT2D eigenvalue weighted by Gasteiger charge is -2.43. The fraction of sp³-hybridized carbons (Fsp3) is 1.00. The lowest BCUT2D eigenvalue weighted by atomic mass is 9.75. The van der Waals surface area contributed by atoms with E-state index in [1.165, 1.54) is 58.0 Å². The zero-order valence-corrected chi connectivity index (χ0v) is 14.4. The molecule has 1 aliphatic carbocycles. The molecular formula is C18H38N2. The first-order valence-corrected chi connectivity index (χ1v) is 9.13. The van der Waals surface area contributed by atoms with E-state index in [2.05, 4.69) is 32.6 Å². The summed E-state index contributed by atoms with van der Waals surface area (Å²) >= 11 is 0. The van der Waals surface area contributed by atoms with Gasteiger partial charge in [0.2, 0.25) is 0 Å². The van der Waals surface area contributed by atoms with Gasteiger partial charge in [-0.1, -0.05) is 59.8 Å². The van der Waals surface area contributed by atoms with Gasteiger partial charge in [-0.05, 0) is 43.7 Å². The fourth-order valence-corrected chi connectivity index (χ4v) is 4.06. The van der Waals surface area contributed by atoms with Gasteiger partial charge in [-0.3, -0.25) is 0 Å². The summed E-state index contributed by atoms with van der Waals surface area (Å²) in [6.45, 7) is 12.7. The van der Waals surface area contributed by atoms with E-state index in [0.717, 1.165) is 30.3 Å². The molecule has 2 heteroatoms. The summed E-state index contributed by atoms with van der Waals surface area (Å²) in [6, 6.07) is 0.746. The van der Waals surface area contributed by atoms with E-state index < -0.39 is 0 Å². The summed E-state index contributed by atoms with van der Waals surface area (Å²) in [4.78, 5) is 2.76. The highest BCUT2D eigenvalue weighted by Crippen LogP contribution is 2.34. The smallest absolute Gasteiger partial charge is 0.0138 e. The number of hydrogen-bond donors (Lipinski definition) is 1. The molecule has 20 heavy (non-hydrogen) atoms. The van der Waals surface area contributed by atoms with Gasteiger partial charge in [0.05, 0.1) is 0 Å². The second-order valence-corrected chi connectivity index (χ2v) is 6.80. The maximum atomic E-state index is 6.07. The monoisotopic (exact) mass is 282 g/mol. The molecule has 3 unspecified atom stereocenters.